The summed E-state index contributed by atoms with van der Waals surface area (Å²) in [5.41, 5.74) is 9.35. The fourth-order valence-corrected chi connectivity index (χ4v) is 4.23. The molecule has 3 N–H and O–H groups in total. The van der Waals surface area contributed by atoms with Crippen molar-refractivity contribution in [2.75, 3.05) is 18.8 Å². The molecular weight excluding hydrogens is 413 g/mol. The van der Waals surface area contributed by atoms with Crippen LogP contribution < -0.4 is 5.73 Å². The SMILES string of the molecule is Cc1cc(-c2cc(C3CCN(C(=O)OC(C)(C)C)C3)n3ncnc(N)c23)cc(F)c1CO. The summed E-state index contributed by atoms with van der Waals surface area (Å²) in [6.45, 7) is 7.97. The summed E-state index contributed by atoms with van der Waals surface area (Å²) >= 11 is 0. The number of aryl methyl sites for hydroxylation is 1. The molecule has 9 heteroatoms. The van der Waals surface area contributed by atoms with E-state index >= 15 is 0 Å². The van der Waals surface area contributed by atoms with Crippen LogP contribution in [0.25, 0.3) is 16.6 Å². The first kappa shape index (κ1) is 22.0. The van der Waals surface area contributed by atoms with Gasteiger partial charge in [0.25, 0.3) is 0 Å². The van der Waals surface area contributed by atoms with Gasteiger partial charge in [-0.25, -0.2) is 18.7 Å². The number of aliphatic hydroxyl groups excluding tert-OH is 1. The van der Waals surface area contributed by atoms with Gasteiger partial charge < -0.3 is 20.5 Å². The van der Waals surface area contributed by atoms with E-state index in [0.29, 0.717) is 35.3 Å². The fourth-order valence-electron chi connectivity index (χ4n) is 4.23. The number of fused-ring (bicyclic) bond motifs is 1. The Kier molecular flexibility index (Phi) is 5.54. The number of anilines is 1. The molecule has 0 aliphatic carbocycles. The third-order valence-corrected chi connectivity index (χ3v) is 5.76. The topological polar surface area (TPSA) is 106 Å². The van der Waals surface area contributed by atoms with Crippen molar-refractivity contribution < 1.29 is 19.0 Å². The molecule has 1 fully saturated rings. The quantitative estimate of drug-likeness (QED) is 0.643. The first-order valence-corrected chi connectivity index (χ1v) is 10.6. The highest BCUT2D eigenvalue weighted by Gasteiger charge is 2.33. The highest BCUT2D eigenvalue weighted by Crippen LogP contribution is 2.37. The standard InChI is InChI=1S/C23H28FN5O3/c1-13-7-15(8-18(24)17(13)11-30)16-9-19(29-20(16)21(25)26-12-27-29)14-5-6-28(10-14)22(31)32-23(2,3)4/h7-9,12,14,30H,5-6,10-11H2,1-4H3,(H2,25,26,27). The van der Waals surface area contributed by atoms with Crippen LogP contribution in [-0.2, 0) is 11.3 Å². The summed E-state index contributed by atoms with van der Waals surface area (Å²) in [7, 11) is 0. The number of ether oxygens (including phenoxy) is 1. The van der Waals surface area contributed by atoms with Crippen LogP contribution in [0.1, 0.15) is 49.9 Å². The number of nitrogen functional groups attached to an aromatic ring is 1. The predicted molar refractivity (Wildman–Crippen MR) is 119 cm³/mol. The number of rotatable bonds is 3. The number of amides is 1. The molecule has 8 nitrogen and oxygen atoms in total. The van der Waals surface area contributed by atoms with Crippen molar-refractivity contribution in [2.24, 2.45) is 0 Å². The Labute approximate surface area is 185 Å². The van der Waals surface area contributed by atoms with Crippen molar-refractivity contribution >= 4 is 17.4 Å². The molecule has 2 aromatic heterocycles. The molecule has 3 heterocycles. The van der Waals surface area contributed by atoms with E-state index in [4.69, 9.17) is 10.5 Å². The lowest BCUT2D eigenvalue weighted by Crippen LogP contribution is -2.35. The monoisotopic (exact) mass is 441 g/mol. The molecule has 32 heavy (non-hydrogen) atoms. The molecule has 0 saturated carbocycles. The molecule has 1 atom stereocenters. The maximum absolute atomic E-state index is 14.6. The second kappa shape index (κ2) is 8.05. The Balaban J connectivity index is 1.74. The van der Waals surface area contributed by atoms with Crippen LogP contribution in [0.2, 0.25) is 0 Å². The van der Waals surface area contributed by atoms with Crippen LogP contribution in [0.5, 0.6) is 0 Å². The Morgan fingerprint density at radius 2 is 2.09 bits per heavy atom. The maximum Gasteiger partial charge on any atom is 0.410 e. The predicted octanol–water partition coefficient (Wildman–Crippen LogP) is 3.64. The zero-order chi connectivity index (χ0) is 23.2. The molecule has 170 valence electrons. The van der Waals surface area contributed by atoms with Gasteiger partial charge >= 0.3 is 6.09 Å². The van der Waals surface area contributed by atoms with Crippen molar-refractivity contribution in [1.82, 2.24) is 19.5 Å². The number of likely N-dealkylation sites (tertiary alicyclic amines) is 1. The van der Waals surface area contributed by atoms with Crippen LogP contribution in [-0.4, -0.2) is 49.4 Å². The third-order valence-electron chi connectivity index (χ3n) is 5.76. The van der Waals surface area contributed by atoms with E-state index < -0.39 is 11.4 Å². The van der Waals surface area contributed by atoms with Crippen LogP contribution in [0.15, 0.2) is 24.5 Å². The van der Waals surface area contributed by atoms with Gasteiger partial charge in [-0.15, -0.1) is 0 Å². The van der Waals surface area contributed by atoms with Crippen molar-refractivity contribution in [3.05, 3.63) is 47.2 Å². The van der Waals surface area contributed by atoms with E-state index in [-0.39, 0.29) is 30.0 Å². The molecule has 4 rings (SSSR count). The molecule has 1 amide bonds. The highest BCUT2D eigenvalue weighted by molar-refractivity contribution is 5.88. The molecule has 1 aliphatic rings. The Morgan fingerprint density at radius 3 is 2.75 bits per heavy atom. The Morgan fingerprint density at radius 1 is 1.34 bits per heavy atom. The van der Waals surface area contributed by atoms with Gasteiger partial charge in [-0.2, -0.15) is 5.10 Å². The Hall–Kier alpha value is -3.20. The average Bonchev–Trinajstić information content (AvgIpc) is 3.32. The van der Waals surface area contributed by atoms with Crippen LogP contribution in [0.4, 0.5) is 15.0 Å². The zero-order valence-corrected chi connectivity index (χ0v) is 18.7. The van der Waals surface area contributed by atoms with E-state index in [0.717, 1.165) is 12.1 Å². The molecule has 0 radical (unpaired) electrons. The number of hydrogen-bond donors (Lipinski definition) is 2. The number of benzene rings is 1. The van der Waals surface area contributed by atoms with E-state index in [1.165, 1.54) is 12.4 Å². The average molecular weight is 442 g/mol. The smallest absolute Gasteiger partial charge is 0.410 e. The fraction of sp³-hybridized carbons (Fsp3) is 0.435. The molecule has 3 aromatic rings. The normalized spacial score (nSPS) is 16.7. The largest absolute Gasteiger partial charge is 0.444 e. The van der Waals surface area contributed by atoms with Crippen LogP contribution in [0, 0.1) is 12.7 Å². The van der Waals surface area contributed by atoms with E-state index in [2.05, 4.69) is 10.1 Å². The first-order valence-electron chi connectivity index (χ1n) is 10.6. The van der Waals surface area contributed by atoms with Crippen molar-refractivity contribution in [3.63, 3.8) is 0 Å². The minimum Gasteiger partial charge on any atom is -0.444 e. The second-order valence-electron chi connectivity index (χ2n) is 9.21. The summed E-state index contributed by atoms with van der Waals surface area (Å²) in [6.07, 6.45) is 1.79. The van der Waals surface area contributed by atoms with Gasteiger partial charge in [0, 0.05) is 35.8 Å². The molecular formula is C23H28FN5O3. The number of aliphatic hydroxyl groups is 1. The van der Waals surface area contributed by atoms with E-state index in [9.17, 15) is 14.3 Å². The molecule has 1 saturated heterocycles. The van der Waals surface area contributed by atoms with Gasteiger partial charge in [-0.05, 0) is 57.4 Å². The number of nitrogens with two attached hydrogens (primary N) is 1. The third kappa shape index (κ3) is 4.00. The minimum absolute atomic E-state index is 0.0146. The lowest BCUT2D eigenvalue weighted by atomic mass is 9.98. The highest BCUT2D eigenvalue weighted by atomic mass is 19.1. The van der Waals surface area contributed by atoms with Gasteiger partial charge in [0.2, 0.25) is 0 Å². The number of aromatic nitrogens is 3. The lowest BCUT2D eigenvalue weighted by molar-refractivity contribution is 0.0292. The summed E-state index contributed by atoms with van der Waals surface area (Å²) in [5, 5.41) is 13.8. The number of carbonyl (C=O) groups is 1. The minimum atomic E-state index is -0.561. The van der Waals surface area contributed by atoms with Crippen molar-refractivity contribution in [3.8, 4) is 11.1 Å². The van der Waals surface area contributed by atoms with E-state index in [1.54, 1.807) is 16.3 Å². The number of nitrogens with zero attached hydrogens (tertiary/aromatic N) is 4. The second-order valence-corrected chi connectivity index (χ2v) is 9.21. The number of carbonyl (C=O) groups excluding carboxylic acids is 1. The van der Waals surface area contributed by atoms with Crippen molar-refractivity contribution in [2.45, 2.75) is 52.2 Å². The van der Waals surface area contributed by atoms with Gasteiger partial charge in [0.15, 0.2) is 5.82 Å². The molecule has 1 aromatic carbocycles. The van der Waals surface area contributed by atoms with Crippen molar-refractivity contribution in [1.29, 1.82) is 0 Å². The number of halogens is 1. The zero-order valence-electron chi connectivity index (χ0n) is 18.7. The maximum atomic E-state index is 14.6. The molecule has 1 unspecified atom stereocenters. The van der Waals surface area contributed by atoms with Gasteiger partial charge in [0.1, 0.15) is 23.3 Å². The first-order chi connectivity index (χ1) is 15.1. The lowest BCUT2D eigenvalue weighted by Gasteiger charge is -2.24. The summed E-state index contributed by atoms with van der Waals surface area (Å²) < 4.78 is 21.8. The summed E-state index contributed by atoms with van der Waals surface area (Å²) in [4.78, 5) is 18.3. The van der Waals surface area contributed by atoms with E-state index in [1.807, 2.05) is 32.9 Å². The summed E-state index contributed by atoms with van der Waals surface area (Å²) in [5.74, 6) is -0.177. The summed E-state index contributed by atoms with van der Waals surface area (Å²) in [6, 6.07) is 5.16. The van der Waals surface area contributed by atoms with Crippen LogP contribution in [0.3, 0.4) is 0 Å². The van der Waals surface area contributed by atoms with Gasteiger partial charge in [-0.1, -0.05) is 6.07 Å². The molecule has 0 bridgehead atoms. The molecule has 1 aliphatic heterocycles. The molecule has 0 spiro atoms. The van der Waals surface area contributed by atoms with Gasteiger partial charge in [-0.3, -0.25) is 0 Å². The Bertz CT molecular complexity index is 1160. The van der Waals surface area contributed by atoms with Crippen LogP contribution >= 0.6 is 0 Å². The van der Waals surface area contributed by atoms with Gasteiger partial charge in [0.05, 0.1) is 6.61 Å². The number of hydrogen-bond acceptors (Lipinski definition) is 6.